The molecule has 0 spiro atoms. The molecule has 0 radical (unpaired) electrons. The third kappa shape index (κ3) is 5.02. The molecule has 1 aromatic carbocycles. The molecule has 1 amide bonds. The molecular formula is C22H24N4O4. The summed E-state index contributed by atoms with van der Waals surface area (Å²) < 4.78 is 11.5. The van der Waals surface area contributed by atoms with E-state index in [1.807, 2.05) is 45.0 Å². The lowest BCUT2D eigenvalue weighted by Gasteiger charge is -2.13. The van der Waals surface area contributed by atoms with E-state index in [1.54, 1.807) is 35.1 Å². The fraction of sp³-hybridized carbons (Fsp3) is 0.273. The summed E-state index contributed by atoms with van der Waals surface area (Å²) in [5.74, 6) is 0.652. The molecule has 2 heterocycles. The molecule has 8 heteroatoms. The number of pyridine rings is 1. The fourth-order valence-corrected chi connectivity index (χ4v) is 2.61. The van der Waals surface area contributed by atoms with E-state index in [0.717, 1.165) is 5.69 Å². The Kier molecular flexibility index (Phi) is 6.15. The summed E-state index contributed by atoms with van der Waals surface area (Å²) in [4.78, 5) is 28.5. The van der Waals surface area contributed by atoms with Gasteiger partial charge in [0.2, 0.25) is 0 Å². The number of nitrogens with zero attached hydrogens (tertiary/aromatic N) is 3. The maximum Gasteiger partial charge on any atom is 0.343 e. The number of anilines is 1. The Morgan fingerprint density at radius 2 is 1.90 bits per heavy atom. The second-order valence-electron chi connectivity index (χ2n) is 7.61. The lowest BCUT2D eigenvalue weighted by Crippen LogP contribution is -2.16. The number of hydrogen-bond acceptors (Lipinski definition) is 6. The molecule has 0 saturated carbocycles. The number of carbonyl (C=O) groups excluding carboxylic acids is 2. The van der Waals surface area contributed by atoms with Crippen LogP contribution in [0, 0.1) is 0 Å². The number of aromatic nitrogens is 3. The van der Waals surface area contributed by atoms with Gasteiger partial charge < -0.3 is 14.8 Å². The fourth-order valence-electron chi connectivity index (χ4n) is 2.61. The number of nitrogens with one attached hydrogen (secondary N) is 1. The molecule has 0 saturated heterocycles. The smallest absolute Gasteiger partial charge is 0.343 e. The third-order valence-corrected chi connectivity index (χ3v) is 4.27. The minimum atomic E-state index is -0.501. The Morgan fingerprint density at radius 1 is 1.10 bits per heavy atom. The molecule has 0 aliphatic rings. The van der Waals surface area contributed by atoms with Crippen molar-refractivity contribution in [2.75, 3.05) is 19.0 Å². The van der Waals surface area contributed by atoms with Crippen molar-refractivity contribution in [3.63, 3.8) is 0 Å². The number of methoxy groups -OCH3 is 1. The standard InChI is InChI=1S/C22H24N4O4/c1-22(2,3)17-13-19(26(25-17)18-10-5-6-11-23-18)24-21(28)15-8-7-9-16(12-15)30-14-20(27)29-4/h5-13H,14H2,1-4H3,(H,24,28). The number of carbonyl (C=O) groups is 2. The predicted octanol–water partition coefficient (Wildman–Crippen LogP) is 3.37. The molecule has 0 atom stereocenters. The summed E-state index contributed by atoms with van der Waals surface area (Å²) >= 11 is 0. The highest BCUT2D eigenvalue weighted by atomic mass is 16.6. The molecule has 156 valence electrons. The predicted molar refractivity (Wildman–Crippen MR) is 112 cm³/mol. The Hall–Kier alpha value is -3.68. The van der Waals surface area contributed by atoms with Crippen LogP contribution in [-0.4, -0.2) is 40.4 Å². The zero-order valence-corrected chi connectivity index (χ0v) is 17.4. The summed E-state index contributed by atoms with van der Waals surface area (Å²) in [6, 6.07) is 13.9. The molecular weight excluding hydrogens is 384 g/mol. The van der Waals surface area contributed by atoms with E-state index in [2.05, 4.69) is 20.1 Å². The Bertz CT molecular complexity index is 1040. The summed E-state index contributed by atoms with van der Waals surface area (Å²) in [6.45, 7) is 5.91. The Labute approximate surface area is 174 Å². The van der Waals surface area contributed by atoms with Gasteiger partial charge in [-0.25, -0.2) is 9.78 Å². The van der Waals surface area contributed by atoms with E-state index in [4.69, 9.17) is 4.74 Å². The maximum absolute atomic E-state index is 12.9. The molecule has 0 fully saturated rings. The first-order valence-electron chi connectivity index (χ1n) is 9.41. The Balaban J connectivity index is 1.86. The molecule has 0 unspecified atom stereocenters. The molecule has 2 aromatic heterocycles. The van der Waals surface area contributed by atoms with Gasteiger partial charge in [0.1, 0.15) is 11.6 Å². The van der Waals surface area contributed by atoms with Crippen LogP contribution in [0.5, 0.6) is 5.75 Å². The van der Waals surface area contributed by atoms with Gasteiger partial charge in [-0.3, -0.25) is 4.79 Å². The van der Waals surface area contributed by atoms with Crippen molar-refractivity contribution in [1.82, 2.24) is 14.8 Å². The second kappa shape index (κ2) is 8.77. The number of ether oxygens (including phenoxy) is 2. The van der Waals surface area contributed by atoms with E-state index in [0.29, 0.717) is 22.9 Å². The van der Waals surface area contributed by atoms with Crippen LogP contribution in [-0.2, 0) is 14.9 Å². The summed E-state index contributed by atoms with van der Waals surface area (Å²) in [6.07, 6.45) is 1.67. The van der Waals surface area contributed by atoms with Gasteiger partial charge in [0.15, 0.2) is 12.4 Å². The first kappa shape index (κ1) is 21.0. The number of hydrogen-bond donors (Lipinski definition) is 1. The molecule has 0 bridgehead atoms. The number of rotatable bonds is 6. The van der Waals surface area contributed by atoms with Gasteiger partial charge in [-0.1, -0.05) is 32.9 Å². The SMILES string of the molecule is COC(=O)COc1cccc(C(=O)Nc2cc(C(C)(C)C)nn2-c2ccccn2)c1. The van der Waals surface area contributed by atoms with Gasteiger partial charge in [-0.2, -0.15) is 9.78 Å². The van der Waals surface area contributed by atoms with Crippen LogP contribution in [0.4, 0.5) is 5.82 Å². The van der Waals surface area contributed by atoms with E-state index < -0.39 is 5.97 Å². The summed E-state index contributed by atoms with van der Waals surface area (Å²) in [5.41, 5.74) is 0.989. The molecule has 1 N–H and O–H groups in total. The average Bonchev–Trinajstić information content (AvgIpc) is 3.17. The molecule has 0 aliphatic heterocycles. The van der Waals surface area contributed by atoms with Crippen molar-refractivity contribution in [2.24, 2.45) is 0 Å². The molecule has 3 rings (SSSR count). The van der Waals surface area contributed by atoms with Gasteiger partial charge in [-0.15, -0.1) is 0 Å². The minimum absolute atomic E-state index is 0.207. The lowest BCUT2D eigenvalue weighted by atomic mass is 9.92. The van der Waals surface area contributed by atoms with Gasteiger partial charge >= 0.3 is 5.97 Å². The largest absolute Gasteiger partial charge is 0.482 e. The van der Waals surface area contributed by atoms with Gasteiger partial charge in [0.05, 0.1) is 12.8 Å². The highest BCUT2D eigenvalue weighted by Crippen LogP contribution is 2.26. The van der Waals surface area contributed by atoms with Crippen LogP contribution in [0.2, 0.25) is 0 Å². The normalized spacial score (nSPS) is 11.1. The number of esters is 1. The molecule has 30 heavy (non-hydrogen) atoms. The van der Waals surface area contributed by atoms with Crippen molar-refractivity contribution >= 4 is 17.7 Å². The van der Waals surface area contributed by atoms with Crippen molar-refractivity contribution in [3.8, 4) is 11.6 Å². The zero-order chi connectivity index (χ0) is 21.7. The van der Waals surface area contributed by atoms with Crippen LogP contribution in [0.15, 0.2) is 54.7 Å². The van der Waals surface area contributed by atoms with E-state index >= 15 is 0 Å². The average molecular weight is 408 g/mol. The van der Waals surface area contributed by atoms with Crippen LogP contribution in [0.1, 0.15) is 36.8 Å². The van der Waals surface area contributed by atoms with Crippen LogP contribution >= 0.6 is 0 Å². The topological polar surface area (TPSA) is 95.3 Å². The van der Waals surface area contributed by atoms with Crippen LogP contribution < -0.4 is 10.1 Å². The van der Waals surface area contributed by atoms with Crippen LogP contribution in [0.3, 0.4) is 0 Å². The number of benzene rings is 1. The molecule has 3 aromatic rings. The number of amides is 1. The first-order chi connectivity index (χ1) is 14.3. The monoisotopic (exact) mass is 408 g/mol. The highest BCUT2D eigenvalue weighted by Gasteiger charge is 2.22. The third-order valence-electron chi connectivity index (χ3n) is 4.27. The molecule has 8 nitrogen and oxygen atoms in total. The minimum Gasteiger partial charge on any atom is -0.482 e. The molecule has 0 aliphatic carbocycles. The van der Waals surface area contributed by atoms with Crippen molar-refractivity contribution < 1.29 is 19.1 Å². The summed E-state index contributed by atoms with van der Waals surface area (Å²) in [5, 5.41) is 7.53. The van der Waals surface area contributed by atoms with E-state index in [-0.39, 0.29) is 17.9 Å². The van der Waals surface area contributed by atoms with Crippen molar-refractivity contribution in [1.29, 1.82) is 0 Å². The lowest BCUT2D eigenvalue weighted by molar-refractivity contribution is -0.142. The van der Waals surface area contributed by atoms with Crippen molar-refractivity contribution in [2.45, 2.75) is 26.2 Å². The van der Waals surface area contributed by atoms with Crippen LogP contribution in [0.25, 0.3) is 5.82 Å². The Morgan fingerprint density at radius 3 is 2.57 bits per heavy atom. The second-order valence-corrected chi connectivity index (χ2v) is 7.61. The van der Waals surface area contributed by atoms with E-state index in [9.17, 15) is 9.59 Å². The summed E-state index contributed by atoms with van der Waals surface area (Å²) in [7, 11) is 1.28. The van der Waals surface area contributed by atoms with Gasteiger partial charge in [0, 0.05) is 23.2 Å². The van der Waals surface area contributed by atoms with Crippen molar-refractivity contribution in [3.05, 3.63) is 66.0 Å². The zero-order valence-electron chi connectivity index (χ0n) is 17.4. The first-order valence-corrected chi connectivity index (χ1v) is 9.41. The van der Waals surface area contributed by atoms with Gasteiger partial charge in [0.25, 0.3) is 5.91 Å². The maximum atomic E-state index is 12.9. The van der Waals surface area contributed by atoms with E-state index in [1.165, 1.54) is 7.11 Å². The highest BCUT2D eigenvalue weighted by molar-refractivity contribution is 6.04. The van der Waals surface area contributed by atoms with Gasteiger partial charge in [-0.05, 0) is 30.3 Å². The quantitative estimate of drug-likeness (QED) is 0.629.